The summed E-state index contributed by atoms with van der Waals surface area (Å²) in [7, 11) is 0. The molecule has 0 fully saturated rings. The number of amides is 2. The number of benzene rings is 2. The van der Waals surface area contributed by atoms with E-state index in [1.54, 1.807) is 11.8 Å². The van der Waals surface area contributed by atoms with Gasteiger partial charge in [0.25, 0.3) is 0 Å². The van der Waals surface area contributed by atoms with Gasteiger partial charge < -0.3 is 15.0 Å². The Morgan fingerprint density at radius 2 is 1.62 bits per heavy atom. The minimum atomic E-state index is -0.303. The summed E-state index contributed by atoms with van der Waals surface area (Å²) in [5.74, 6) is -0.303. The second-order valence-corrected chi connectivity index (χ2v) is 5.26. The number of carbonyl (C=O) groups excluding carboxylic acids is 2. The molecule has 0 saturated carbocycles. The minimum Gasteiger partial charge on any atom is -0.466 e. The van der Waals surface area contributed by atoms with E-state index in [1.165, 1.54) is 0 Å². The van der Waals surface area contributed by atoms with Crippen molar-refractivity contribution in [3.63, 3.8) is 0 Å². The second kappa shape index (κ2) is 9.35. The zero-order chi connectivity index (χ0) is 17.2. The molecule has 126 valence electrons. The van der Waals surface area contributed by atoms with Gasteiger partial charge in [-0.15, -0.1) is 0 Å². The Hall–Kier alpha value is -2.82. The van der Waals surface area contributed by atoms with Crippen LogP contribution in [0.5, 0.6) is 0 Å². The van der Waals surface area contributed by atoms with Gasteiger partial charge in [-0.2, -0.15) is 0 Å². The van der Waals surface area contributed by atoms with Crippen molar-refractivity contribution in [2.75, 3.05) is 18.5 Å². The summed E-state index contributed by atoms with van der Waals surface area (Å²) in [4.78, 5) is 25.8. The number of carbonyl (C=O) groups is 2. The molecule has 2 aromatic rings. The molecule has 5 nitrogen and oxygen atoms in total. The molecule has 2 aromatic carbocycles. The Morgan fingerprint density at radius 1 is 1.00 bits per heavy atom. The van der Waals surface area contributed by atoms with Gasteiger partial charge in [-0.05, 0) is 24.6 Å². The standard InChI is InChI=1S/C19H22N2O3/c1-2-24-18(22)13-14-21(15-16-9-5-3-6-10-16)19(23)20-17-11-7-4-8-12-17/h3-12H,2,13-15H2,1H3,(H,20,23). The molecule has 2 rings (SSSR count). The zero-order valence-corrected chi connectivity index (χ0v) is 13.8. The highest BCUT2D eigenvalue weighted by Crippen LogP contribution is 2.10. The number of hydrogen-bond acceptors (Lipinski definition) is 3. The molecule has 0 heterocycles. The lowest BCUT2D eigenvalue weighted by atomic mass is 10.2. The van der Waals surface area contributed by atoms with Crippen molar-refractivity contribution in [3.8, 4) is 0 Å². The lowest BCUT2D eigenvalue weighted by Crippen LogP contribution is -2.36. The largest absolute Gasteiger partial charge is 0.466 e. The van der Waals surface area contributed by atoms with E-state index in [0.717, 1.165) is 11.3 Å². The highest BCUT2D eigenvalue weighted by Gasteiger charge is 2.16. The van der Waals surface area contributed by atoms with Crippen LogP contribution in [0.1, 0.15) is 18.9 Å². The molecule has 0 atom stereocenters. The van der Waals surface area contributed by atoms with E-state index in [-0.39, 0.29) is 18.4 Å². The SMILES string of the molecule is CCOC(=O)CCN(Cc1ccccc1)C(=O)Nc1ccccc1. The molecule has 5 heteroatoms. The number of anilines is 1. The van der Waals surface area contributed by atoms with Crippen molar-refractivity contribution in [2.45, 2.75) is 19.9 Å². The Morgan fingerprint density at radius 3 is 2.25 bits per heavy atom. The van der Waals surface area contributed by atoms with Gasteiger partial charge in [0.1, 0.15) is 0 Å². The molecule has 0 aromatic heterocycles. The fourth-order valence-corrected chi connectivity index (χ4v) is 2.24. The van der Waals surface area contributed by atoms with Gasteiger partial charge in [-0.1, -0.05) is 48.5 Å². The molecule has 0 aliphatic carbocycles. The summed E-state index contributed by atoms with van der Waals surface area (Å²) in [5.41, 5.74) is 1.72. The van der Waals surface area contributed by atoms with Crippen LogP contribution in [0.3, 0.4) is 0 Å². The van der Waals surface area contributed by atoms with E-state index in [9.17, 15) is 9.59 Å². The number of nitrogens with one attached hydrogen (secondary N) is 1. The summed E-state index contributed by atoms with van der Waals surface area (Å²) >= 11 is 0. The molecule has 0 aliphatic heterocycles. The number of para-hydroxylation sites is 1. The molecule has 24 heavy (non-hydrogen) atoms. The summed E-state index contributed by atoms with van der Waals surface area (Å²) in [6.45, 7) is 2.83. The van der Waals surface area contributed by atoms with E-state index in [4.69, 9.17) is 4.74 Å². The lowest BCUT2D eigenvalue weighted by Gasteiger charge is -2.23. The third kappa shape index (κ3) is 5.76. The van der Waals surface area contributed by atoms with Gasteiger partial charge in [0, 0.05) is 18.8 Å². The molecule has 0 saturated heterocycles. The Kier molecular flexibility index (Phi) is 6.83. The minimum absolute atomic E-state index is 0.170. The summed E-state index contributed by atoms with van der Waals surface area (Å²) < 4.78 is 4.94. The summed E-state index contributed by atoms with van der Waals surface area (Å²) in [5, 5.41) is 2.85. The highest BCUT2D eigenvalue weighted by molar-refractivity contribution is 5.89. The second-order valence-electron chi connectivity index (χ2n) is 5.26. The van der Waals surface area contributed by atoms with E-state index in [2.05, 4.69) is 5.32 Å². The topological polar surface area (TPSA) is 58.6 Å². The number of ether oxygens (including phenoxy) is 1. The molecular formula is C19H22N2O3. The van der Waals surface area contributed by atoms with Gasteiger partial charge in [-0.3, -0.25) is 4.79 Å². The van der Waals surface area contributed by atoms with Crippen molar-refractivity contribution in [3.05, 3.63) is 66.2 Å². The van der Waals surface area contributed by atoms with E-state index in [0.29, 0.717) is 19.7 Å². The maximum absolute atomic E-state index is 12.6. The third-order valence-corrected chi connectivity index (χ3v) is 3.42. The van der Waals surface area contributed by atoms with Gasteiger partial charge in [0.05, 0.1) is 13.0 Å². The number of rotatable bonds is 7. The zero-order valence-electron chi connectivity index (χ0n) is 13.8. The first-order valence-electron chi connectivity index (χ1n) is 7.99. The lowest BCUT2D eigenvalue weighted by molar-refractivity contribution is -0.143. The van der Waals surface area contributed by atoms with Crippen molar-refractivity contribution < 1.29 is 14.3 Å². The molecule has 0 unspecified atom stereocenters. The van der Waals surface area contributed by atoms with Crippen molar-refractivity contribution in [2.24, 2.45) is 0 Å². The molecule has 1 N–H and O–H groups in total. The molecule has 0 spiro atoms. The first kappa shape index (κ1) is 17.5. The van der Waals surface area contributed by atoms with Gasteiger partial charge in [0.15, 0.2) is 0 Å². The molecule has 0 radical (unpaired) electrons. The number of urea groups is 1. The van der Waals surface area contributed by atoms with Gasteiger partial charge >= 0.3 is 12.0 Å². The first-order chi connectivity index (χ1) is 11.7. The Balaban J connectivity index is 2.03. The monoisotopic (exact) mass is 326 g/mol. The average Bonchev–Trinajstić information content (AvgIpc) is 2.60. The van der Waals surface area contributed by atoms with E-state index < -0.39 is 0 Å². The number of esters is 1. The highest BCUT2D eigenvalue weighted by atomic mass is 16.5. The predicted molar refractivity (Wildman–Crippen MR) is 93.6 cm³/mol. The van der Waals surface area contributed by atoms with Gasteiger partial charge in [-0.25, -0.2) is 4.79 Å². The van der Waals surface area contributed by atoms with Crippen LogP contribution in [0.2, 0.25) is 0 Å². The van der Waals surface area contributed by atoms with E-state index in [1.807, 2.05) is 60.7 Å². The molecule has 2 amide bonds. The van der Waals surface area contributed by atoms with E-state index >= 15 is 0 Å². The van der Waals surface area contributed by atoms with Crippen LogP contribution in [0.4, 0.5) is 10.5 Å². The average molecular weight is 326 g/mol. The predicted octanol–water partition coefficient (Wildman–Crippen LogP) is 3.67. The van der Waals surface area contributed by atoms with Crippen LogP contribution in [0.15, 0.2) is 60.7 Å². The van der Waals surface area contributed by atoms with Crippen LogP contribution in [0.25, 0.3) is 0 Å². The maximum atomic E-state index is 12.6. The Labute approximate surface area is 142 Å². The molecular weight excluding hydrogens is 304 g/mol. The normalized spacial score (nSPS) is 10.0. The molecule has 0 bridgehead atoms. The quantitative estimate of drug-likeness (QED) is 0.790. The maximum Gasteiger partial charge on any atom is 0.322 e. The van der Waals surface area contributed by atoms with Crippen molar-refractivity contribution in [1.29, 1.82) is 0 Å². The van der Waals surface area contributed by atoms with Crippen LogP contribution < -0.4 is 5.32 Å². The number of nitrogens with zero attached hydrogens (tertiary/aromatic N) is 1. The summed E-state index contributed by atoms with van der Waals surface area (Å²) in [6, 6.07) is 18.7. The van der Waals surface area contributed by atoms with Gasteiger partial charge in [0.2, 0.25) is 0 Å². The van der Waals surface area contributed by atoms with Crippen LogP contribution in [-0.4, -0.2) is 30.1 Å². The Bertz CT molecular complexity index is 644. The van der Waals surface area contributed by atoms with Crippen molar-refractivity contribution >= 4 is 17.7 Å². The summed E-state index contributed by atoms with van der Waals surface area (Å²) in [6.07, 6.45) is 0.170. The third-order valence-electron chi connectivity index (χ3n) is 3.42. The van der Waals surface area contributed by atoms with Crippen molar-refractivity contribution in [1.82, 2.24) is 4.90 Å². The van der Waals surface area contributed by atoms with Crippen LogP contribution in [-0.2, 0) is 16.1 Å². The fourth-order valence-electron chi connectivity index (χ4n) is 2.24. The fraction of sp³-hybridized carbons (Fsp3) is 0.263. The van der Waals surface area contributed by atoms with Crippen LogP contribution in [0, 0.1) is 0 Å². The van der Waals surface area contributed by atoms with Crippen LogP contribution >= 0.6 is 0 Å². The smallest absolute Gasteiger partial charge is 0.322 e. The molecule has 0 aliphatic rings. The first-order valence-corrected chi connectivity index (χ1v) is 7.99. The number of hydrogen-bond donors (Lipinski definition) is 1.